The number of thiophene rings is 1. The van der Waals surface area contributed by atoms with Crippen molar-refractivity contribution in [2.75, 3.05) is 18.2 Å². The maximum absolute atomic E-state index is 5.86. The second kappa shape index (κ2) is 5.73. The first-order valence-corrected chi connectivity index (χ1v) is 6.66. The highest BCUT2D eigenvalue weighted by Gasteiger charge is 2.04. The van der Waals surface area contributed by atoms with Gasteiger partial charge in [-0.2, -0.15) is 4.98 Å². The van der Waals surface area contributed by atoms with Gasteiger partial charge in [0.25, 0.3) is 0 Å². The molecule has 0 saturated carbocycles. The molecule has 2 aromatic heterocycles. The average Bonchev–Trinajstić information content (AvgIpc) is 2.86. The van der Waals surface area contributed by atoms with Crippen LogP contribution in [-0.2, 0) is 13.0 Å². The van der Waals surface area contributed by atoms with Crippen LogP contribution >= 0.6 is 11.3 Å². The second-order valence-electron chi connectivity index (χ2n) is 3.87. The molecule has 0 saturated heterocycles. The van der Waals surface area contributed by atoms with Gasteiger partial charge in [0, 0.05) is 15.8 Å². The number of nitrogens with two attached hydrogens (primary N) is 1. The van der Waals surface area contributed by atoms with Crippen LogP contribution in [0.5, 0.6) is 5.88 Å². The van der Waals surface area contributed by atoms with E-state index in [1.54, 1.807) is 30.6 Å². The highest BCUT2D eigenvalue weighted by atomic mass is 32.1. The van der Waals surface area contributed by atoms with E-state index in [9.17, 15) is 0 Å². The van der Waals surface area contributed by atoms with Gasteiger partial charge in [-0.05, 0) is 24.6 Å². The number of aryl methyl sites for hydroxylation is 1. The summed E-state index contributed by atoms with van der Waals surface area (Å²) in [4.78, 5) is 6.94. The van der Waals surface area contributed by atoms with Crippen LogP contribution < -0.4 is 15.8 Å². The van der Waals surface area contributed by atoms with Crippen LogP contribution in [0.15, 0.2) is 24.3 Å². The van der Waals surface area contributed by atoms with Crippen molar-refractivity contribution in [3.8, 4) is 5.88 Å². The molecule has 96 valence electrons. The maximum Gasteiger partial charge on any atom is 0.215 e. The normalized spacial score (nSPS) is 10.3. The molecule has 0 radical (unpaired) electrons. The van der Waals surface area contributed by atoms with Crippen LogP contribution in [0.4, 0.5) is 11.5 Å². The Kier molecular flexibility index (Phi) is 4.04. The van der Waals surface area contributed by atoms with Crippen molar-refractivity contribution < 1.29 is 4.74 Å². The second-order valence-corrected chi connectivity index (χ2v) is 5.12. The molecule has 0 amide bonds. The molecule has 5 heteroatoms. The first-order valence-electron chi connectivity index (χ1n) is 5.85. The monoisotopic (exact) mass is 263 g/mol. The van der Waals surface area contributed by atoms with Crippen LogP contribution in [0.1, 0.15) is 16.7 Å². The van der Waals surface area contributed by atoms with Gasteiger partial charge in [0.05, 0.1) is 19.3 Å². The zero-order valence-electron chi connectivity index (χ0n) is 10.6. The van der Waals surface area contributed by atoms with E-state index in [2.05, 4.69) is 29.4 Å². The predicted octanol–water partition coefficient (Wildman–Crippen LogP) is 2.91. The van der Waals surface area contributed by atoms with Crippen molar-refractivity contribution in [2.24, 2.45) is 0 Å². The third kappa shape index (κ3) is 2.92. The predicted molar refractivity (Wildman–Crippen MR) is 76.2 cm³/mol. The Balaban J connectivity index is 2.05. The van der Waals surface area contributed by atoms with E-state index in [-0.39, 0.29) is 0 Å². The Morgan fingerprint density at radius 1 is 1.28 bits per heavy atom. The smallest absolute Gasteiger partial charge is 0.215 e. The van der Waals surface area contributed by atoms with Crippen LogP contribution in [0, 0.1) is 0 Å². The molecule has 0 aliphatic heterocycles. The molecule has 0 spiro atoms. The molecule has 0 aromatic carbocycles. The summed E-state index contributed by atoms with van der Waals surface area (Å²) in [5.41, 5.74) is 6.49. The summed E-state index contributed by atoms with van der Waals surface area (Å²) >= 11 is 1.81. The Morgan fingerprint density at radius 2 is 2.06 bits per heavy atom. The van der Waals surface area contributed by atoms with Gasteiger partial charge in [0.1, 0.15) is 0 Å². The fraction of sp³-hybridized carbons (Fsp3) is 0.308. The Bertz CT molecular complexity index is 525. The van der Waals surface area contributed by atoms with Gasteiger partial charge in [-0.15, -0.1) is 11.3 Å². The number of ether oxygens (including phenoxy) is 1. The number of anilines is 2. The Hall–Kier alpha value is -1.75. The van der Waals surface area contributed by atoms with Crippen LogP contribution in [0.3, 0.4) is 0 Å². The fourth-order valence-electron chi connectivity index (χ4n) is 1.59. The largest absolute Gasteiger partial charge is 0.481 e. The highest BCUT2D eigenvalue weighted by molar-refractivity contribution is 7.12. The zero-order valence-corrected chi connectivity index (χ0v) is 11.4. The number of nitrogens with one attached hydrogen (secondary N) is 1. The number of pyridine rings is 1. The molecule has 2 heterocycles. The van der Waals surface area contributed by atoms with Crippen LogP contribution in [0.25, 0.3) is 0 Å². The van der Waals surface area contributed by atoms with Gasteiger partial charge >= 0.3 is 0 Å². The topological polar surface area (TPSA) is 60.2 Å². The van der Waals surface area contributed by atoms with E-state index in [0.717, 1.165) is 13.0 Å². The first kappa shape index (κ1) is 12.7. The third-order valence-electron chi connectivity index (χ3n) is 2.61. The number of nitrogen functional groups attached to an aromatic ring is 1. The number of aromatic nitrogens is 1. The van der Waals surface area contributed by atoms with Crippen molar-refractivity contribution >= 4 is 22.8 Å². The van der Waals surface area contributed by atoms with Crippen molar-refractivity contribution in [3.05, 3.63) is 34.0 Å². The van der Waals surface area contributed by atoms with Gasteiger partial charge in [0.2, 0.25) is 5.88 Å². The lowest BCUT2D eigenvalue weighted by Gasteiger charge is -2.08. The summed E-state index contributed by atoms with van der Waals surface area (Å²) in [6, 6.07) is 7.83. The van der Waals surface area contributed by atoms with Crippen molar-refractivity contribution in [3.63, 3.8) is 0 Å². The number of hydrogen-bond acceptors (Lipinski definition) is 5. The quantitative estimate of drug-likeness (QED) is 0.870. The zero-order chi connectivity index (χ0) is 13.0. The average molecular weight is 263 g/mol. The standard InChI is InChI=1S/C13H17N3OS/c1-3-9-4-5-10(18-9)8-15-13-11(14)6-7-12(16-13)17-2/h4-7H,3,8,14H2,1-2H3,(H,15,16). The van der Waals surface area contributed by atoms with E-state index in [0.29, 0.717) is 17.4 Å². The van der Waals surface area contributed by atoms with Gasteiger partial charge in [-0.3, -0.25) is 0 Å². The van der Waals surface area contributed by atoms with Gasteiger partial charge in [0.15, 0.2) is 5.82 Å². The summed E-state index contributed by atoms with van der Waals surface area (Å²) in [7, 11) is 1.59. The van der Waals surface area contributed by atoms with Gasteiger partial charge in [-0.25, -0.2) is 0 Å². The van der Waals surface area contributed by atoms with Gasteiger partial charge < -0.3 is 15.8 Å². The summed E-state index contributed by atoms with van der Waals surface area (Å²) in [6.45, 7) is 2.89. The molecule has 4 nitrogen and oxygen atoms in total. The lowest BCUT2D eigenvalue weighted by Crippen LogP contribution is -2.04. The molecule has 0 fully saturated rings. The number of nitrogens with zero attached hydrogens (tertiary/aromatic N) is 1. The van der Waals surface area contributed by atoms with Crippen LogP contribution in [0.2, 0.25) is 0 Å². The molecule has 0 aliphatic carbocycles. The lowest BCUT2D eigenvalue weighted by molar-refractivity contribution is 0.398. The van der Waals surface area contributed by atoms with E-state index < -0.39 is 0 Å². The lowest BCUT2D eigenvalue weighted by atomic mass is 10.3. The van der Waals surface area contributed by atoms with E-state index in [4.69, 9.17) is 10.5 Å². The molecule has 2 aromatic rings. The number of methoxy groups -OCH3 is 1. The third-order valence-corrected chi connectivity index (χ3v) is 3.84. The summed E-state index contributed by atoms with van der Waals surface area (Å²) in [6.07, 6.45) is 1.07. The van der Waals surface area contributed by atoms with Crippen molar-refractivity contribution in [1.82, 2.24) is 4.98 Å². The summed E-state index contributed by atoms with van der Waals surface area (Å²) < 4.78 is 5.08. The fourth-order valence-corrected chi connectivity index (χ4v) is 2.48. The molecule has 2 rings (SSSR count). The maximum atomic E-state index is 5.86. The Labute approximate surface area is 111 Å². The molecule has 0 aliphatic rings. The van der Waals surface area contributed by atoms with Gasteiger partial charge in [-0.1, -0.05) is 6.92 Å². The van der Waals surface area contributed by atoms with E-state index in [1.807, 2.05) is 0 Å². The molecule has 0 bridgehead atoms. The Morgan fingerprint density at radius 3 is 2.72 bits per heavy atom. The highest BCUT2D eigenvalue weighted by Crippen LogP contribution is 2.22. The summed E-state index contributed by atoms with van der Waals surface area (Å²) in [5.74, 6) is 1.23. The minimum atomic E-state index is 0.562. The van der Waals surface area contributed by atoms with E-state index in [1.165, 1.54) is 9.75 Å². The molecule has 0 atom stereocenters. The van der Waals surface area contributed by atoms with E-state index >= 15 is 0 Å². The molecule has 3 N–H and O–H groups in total. The SMILES string of the molecule is CCc1ccc(CNc2nc(OC)ccc2N)s1. The summed E-state index contributed by atoms with van der Waals surface area (Å²) in [5, 5.41) is 3.24. The number of rotatable bonds is 5. The molecular weight excluding hydrogens is 246 g/mol. The molecule has 0 unspecified atom stereocenters. The number of hydrogen-bond donors (Lipinski definition) is 2. The van der Waals surface area contributed by atoms with Crippen molar-refractivity contribution in [2.45, 2.75) is 19.9 Å². The van der Waals surface area contributed by atoms with Crippen molar-refractivity contribution in [1.29, 1.82) is 0 Å². The molecular formula is C13H17N3OS. The minimum absolute atomic E-state index is 0.562. The first-order chi connectivity index (χ1) is 8.72. The van der Waals surface area contributed by atoms with Crippen LogP contribution in [-0.4, -0.2) is 12.1 Å². The molecule has 18 heavy (non-hydrogen) atoms. The minimum Gasteiger partial charge on any atom is -0.481 e.